The van der Waals surface area contributed by atoms with Gasteiger partial charge in [-0.3, -0.25) is 4.79 Å². The van der Waals surface area contributed by atoms with Crippen molar-refractivity contribution in [1.82, 2.24) is 24.9 Å². The molecule has 2 aromatic heterocycles. The zero-order valence-corrected chi connectivity index (χ0v) is 19.7. The number of aryl methyl sites for hydroxylation is 1. The minimum atomic E-state index is -2.92. The number of aromatic nitrogens is 4. The molecule has 1 amide bonds. The fraction of sp³-hybridized carbons (Fsp3) is 0.609. The smallest absolute Gasteiger partial charge is 0.409 e. The van der Waals surface area contributed by atoms with Crippen LogP contribution in [-0.2, 0) is 23.2 Å². The third-order valence-corrected chi connectivity index (χ3v) is 6.42. The van der Waals surface area contributed by atoms with Crippen molar-refractivity contribution in [2.75, 3.05) is 13.6 Å². The van der Waals surface area contributed by atoms with Gasteiger partial charge in [0.15, 0.2) is 0 Å². The van der Waals surface area contributed by atoms with Gasteiger partial charge in [-0.2, -0.15) is 0 Å². The maximum atomic E-state index is 13.9. The summed E-state index contributed by atoms with van der Waals surface area (Å²) in [5, 5.41) is 17.2. The summed E-state index contributed by atoms with van der Waals surface area (Å²) in [6, 6.07) is 2.88. The molecule has 190 valence electrons. The van der Waals surface area contributed by atoms with Crippen LogP contribution in [0.5, 0.6) is 5.75 Å². The predicted molar refractivity (Wildman–Crippen MR) is 119 cm³/mol. The fourth-order valence-corrected chi connectivity index (χ4v) is 4.25. The number of carboxylic acids is 1. The Labute approximate surface area is 201 Å². The number of halogens is 2. The maximum absolute atomic E-state index is 13.9. The van der Waals surface area contributed by atoms with E-state index in [1.165, 1.54) is 21.7 Å². The van der Waals surface area contributed by atoms with Crippen LogP contribution in [0.1, 0.15) is 56.3 Å². The van der Waals surface area contributed by atoms with Crippen molar-refractivity contribution in [1.29, 1.82) is 0 Å². The molecule has 0 unspecified atom stereocenters. The van der Waals surface area contributed by atoms with Gasteiger partial charge in [0, 0.05) is 20.6 Å². The minimum Gasteiger partial charge on any atom is -0.488 e. The lowest BCUT2D eigenvalue weighted by Crippen LogP contribution is -2.29. The van der Waals surface area contributed by atoms with Gasteiger partial charge in [-0.1, -0.05) is 5.21 Å². The molecule has 2 heterocycles. The fourth-order valence-electron chi connectivity index (χ4n) is 4.25. The SMILES string of the molecule is CN(CC1CC1)C(=O)OCc1c(-c2ccc(O[C@H]3CCC[C@H](C(=O)O)C3)c(C(F)F)n2)nnn1C. The zero-order chi connectivity index (χ0) is 25.1. The standard InChI is InChI=1S/C23H29F2N5O5/c1-29(11-13-6-7-13)23(33)34-12-17-19(27-28-30(17)2)16-8-9-18(20(26-16)21(24)25)35-15-5-3-4-14(10-15)22(31)32/h8-9,13-15,21H,3-7,10-12H2,1-2H3,(H,31,32)/t14-,15-/m0/s1. The highest BCUT2D eigenvalue weighted by Crippen LogP contribution is 2.34. The summed E-state index contributed by atoms with van der Waals surface area (Å²) in [5.41, 5.74) is 0.223. The number of pyridine rings is 1. The second-order valence-corrected chi connectivity index (χ2v) is 9.21. The molecule has 0 spiro atoms. The molecule has 0 radical (unpaired) electrons. The Kier molecular flexibility index (Phi) is 7.46. The van der Waals surface area contributed by atoms with Gasteiger partial charge >= 0.3 is 12.1 Å². The molecule has 4 rings (SSSR count). The molecular weight excluding hydrogens is 464 g/mol. The first kappa shape index (κ1) is 24.8. The number of aliphatic carboxylic acids is 1. The van der Waals surface area contributed by atoms with Crippen molar-refractivity contribution in [3.63, 3.8) is 0 Å². The Hall–Kier alpha value is -3.31. The first-order chi connectivity index (χ1) is 16.7. The minimum absolute atomic E-state index is 0.0849. The van der Waals surface area contributed by atoms with Gasteiger partial charge in [-0.05, 0) is 56.6 Å². The Morgan fingerprint density at radius 1 is 1.26 bits per heavy atom. The molecule has 0 aromatic carbocycles. The molecule has 2 fully saturated rings. The second kappa shape index (κ2) is 10.5. The molecule has 0 saturated heterocycles. The number of carboxylic acid groups (broad SMARTS) is 1. The van der Waals surface area contributed by atoms with Gasteiger partial charge in [0.25, 0.3) is 6.43 Å². The quantitative estimate of drug-likeness (QED) is 0.560. The molecule has 0 bridgehead atoms. The van der Waals surface area contributed by atoms with Crippen LogP contribution in [0.25, 0.3) is 11.4 Å². The number of amides is 1. The number of ether oxygens (including phenoxy) is 2. The summed E-state index contributed by atoms with van der Waals surface area (Å²) in [5.74, 6) is -1.03. The molecule has 0 aliphatic heterocycles. The summed E-state index contributed by atoms with van der Waals surface area (Å²) >= 11 is 0. The first-order valence-electron chi connectivity index (χ1n) is 11.7. The van der Waals surface area contributed by atoms with E-state index < -0.39 is 36.2 Å². The zero-order valence-electron chi connectivity index (χ0n) is 19.7. The molecule has 10 nitrogen and oxygen atoms in total. The summed E-state index contributed by atoms with van der Waals surface area (Å²) < 4.78 is 40.3. The van der Waals surface area contributed by atoms with Crippen LogP contribution >= 0.6 is 0 Å². The van der Waals surface area contributed by atoms with Crippen LogP contribution in [-0.4, -0.2) is 61.7 Å². The van der Waals surface area contributed by atoms with Gasteiger partial charge in [0.05, 0.1) is 17.7 Å². The van der Waals surface area contributed by atoms with Crippen LogP contribution in [0.3, 0.4) is 0 Å². The summed E-state index contributed by atoms with van der Waals surface area (Å²) in [6.07, 6.45) is 0.364. The van der Waals surface area contributed by atoms with Crippen molar-refractivity contribution in [3.8, 4) is 17.1 Å². The van der Waals surface area contributed by atoms with Gasteiger partial charge in [0.2, 0.25) is 0 Å². The van der Waals surface area contributed by atoms with E-state index in [4.69, 9.17) is 9.47 Å². The van der Waals surface area contributed by atoms with E-state index in [2.05, 4.69) is 15.3 Å². The lowest BCUT2D eigenvalue weighted by atomic mass is 9.87. The normalized spacial score (nSPS) is 20.0. The van der Waals surface area contributed by atoms with E-state index in [1.807, 2.05) is 0 Å². The lowest BCUT2D eigenvalue weighted by molar-refractivity contribution is -0.143. The summed E-state index contributed by atoms with van der Waals surface area (Å²) in [6.45, 7) is 0.486. The van der Waals surface area contributed by atoms with Crippen molar-refractivity contribution in [2.24, 2.45) is 18.9 Å². The van der Waals surface area contributed by atoms with Crippen molar-refractivity contribution in [2.45, 2.75) is 57.7 Å². The maximum Gasteiger partial charge on any atom is 0.409 e. The summed E-state index contributed by atoms with van der Waals surface area (Å²) in [7, 11) is 3.28. The van der Waals surface area contributed by atoms with Crippen LogP contribution in [0, 0.1) is 11.8 Å². The molecule has 2 saturated carbocycles. The molecule has 2 aromatic rings. The van der Waals surface area contributed by atoms with Gasteiger partial charge in [-0.15, -0.1) is 5.10 Å². The number of carbonyl (C=O) groups excluding carboxylic acids is 1. The number of rotatable bonds is 9. The Morgan fingerprint density at radius 2 is 2.03 bits per heavy atom. The van der Waals surface area contributed by atoms with E-state index >= 15 is 0 Å². The molecule has 1 N–H and O–H groups in total. The Balaban J connectivity index is 1.49. The molecule has 35 heavy (non-hydrogen) atoms. The van der Waals surface area contributed by atoms with Crippen LogP contribution in [0.2, 0.25) is 0 Å². The third kappa shape index (κ3) is 6.04. The second-order valence-electron chi connectivity index (χ2n) is 9.21. The number of nitrogens with zero attached hydrogens (tertiary/aromatic N) is 5. The number of carbonyl (C=O) groups is 2. The van der Waals surface area contributed by atoms with E-state index in [1.54, 1.807) is 14.1 Å². The van der Waals surface area contributed by atoms with E-state index in [0.29, 0.717) is 37.4 Å². The van der Waals surface area contributed by atoms with Gasteiger partial charge in [0.1, 0.15) is 29.4 Å². The average molecular weight is 494 g/mol. The third-order valence-electron chi connectivity index (χ3n) is 6.42. The lowest BCUT2D eigenvalue weighted by Gasteiger charge is -2.27. The van der Waals surface area contributed by atoms with Gasteiger partial charge in [-0.25, -0.2) is 23.2 Å². The molecular formula is C23H29F2N5O5. The van der Waals surface area contributed by atoms with Crippen LogP contribution in [0.15, 0.2) is 12.1 Å². The molecule has 2 aliphatic carbocycles. The van der Waals surface area contributed by atoms with Crippen molar-refractivity contribution in [3.05, 3.63) is 23.5 Å². The number of hydrogen-bond donors (Lipinski definition) is 1. The highest BCUT2D eigenvalue weighted by molar-refractivity contribution is 5.70. The number of hydrogen-bond acceptors (Lipinski definition) is 7. The highest BCUT2D eigenvalue weighted by Gasteiger charge is 2.30. The van der Waals surface area contributed by atoms with E-state index in [-0.39, 0.29) is 30.2 Å². The first-order valence-corrected chi connectivity index (χ1v) is 11.7. The van der Waals surface area contributed by atoms with Crippen molar-refractivity contribution < 1.29 is 33.0 Å². The highest BCUT2D eigenvalue weighted by atomic mass is 19.3. The Bertz CT molecular complexity index is 1070. The number of alkyl halides is 2. The topological polar surface area (TPSA) is 120 Å². The predicted octanol–water partition coefficient (Wildman–Crippen LogP) is 3.82. The monoisotopic (exact) mass is 493 g/mol. The van der Waals surface area contributed by atoms with E-state index in [9.17, 15) is 23.5 Å². The van der Waals surface area contributed by atoms with E-state index in [0.717, 1.165) is 12.8 Å². The van der Waals surface area contributed by atoms with Gasteiger partial charge < -0.3 is 19.5 Å². The Morgan fingerprint density at radius 3 is 2.71 bits per heavy atom. The van der Waals surface area contributed by atoms with Crippen molar-refractivity contribution >= 4 is 12.1 Å². The average Bonchev–Trinajstić information content (AvgIpc) is 3.57. The summed E-state index contributed by atoms with van der Waals surface area (Å²) in [4.78, 5) is 29.2. The van der Waals surface area contributed by atoms with Crippen LogP contribution < -0.4 is 4.74 Å². The largest absolute Gasteiger partial charge is 0.488 e. The molecule has 2 atom stereocenters. The van der Waals surface area contributed by atoms with Crippen LogP contribution in [0.4, 0.5) is 13.6 Å². The molecule has 2 aliphatic rings. The molecule has 12 heteroatoms.